The molecule has 3 rings (SSSR count). The van der Waals surface area contributed by atoms with E-state index in [-0.39, 0.29) is 24.5 Å². The Balaban J connectivity index is 1.41. The molecule has 1 aliphatic heterocycles. The predicted molar refractivity (Wildman–Crippen MR) is 112 cm³/mol. The van der Waals surface area contributed by atoms with Crippen molar-refractivity contribution in [3.05, 3.63) is 59.7 Å². The molecule has 2 aromatic rings. The number of nitrogens with zero attached hydrogens (tertiary/aromatic N) is 1. The largest absolute Gasteiger partial charge is 0.494 e. The van der Waals surface area contributed by atoms with Crippen molar-refractivity contribution in [3.8, 4) is 5.75 Å². The smallest absolute Gasteiger partial charge is 0.253 e. The summed E-state index contributed by atoms with van der Waals surface area (Å²) in [6, 6.07) is 15.6. The molecule has 0 spiro atoms. The molecule has 0 radical (unpaired) electrons. The lowest BCUT2D eigenvalue weighted by Gasteiger charge is -2.33. The van der Waals surface area contributed by atoms with E-state index in [1.807, 2.05) is 56.3 Å². The molecular weight excluding hydrogens is 368 g/mol. The summed E-state index contributed by atoms with van der Waals surface area (Å²) in [6.45, 7) is 5.36. The standard InChI is InChI=1S/C23H28N2O4/c1-17-11-18(2)13-19(12-17)25-15-21(29-16-23(25)27)14-24-22(26)9-6-10-28-20-7-4-3-5-8-20/h3-5,7-8,11-13,21H,6,9-10,14-16H2,1-2H3,(H,24,26). The molecule has 1 N–H and O–H groups in total. The zero-order valence-electron chi connectivity index (χ0n) is 17.0. The molecule has 0 saturated carbocycles. The van der Waals surface area contributed by atoms with Crippen LogP contribution in [0.5, 0.6) is 5.75 Å². The highest BCUT2D eigenvalue weighted by Crippen LogP contribution is 2.22. The minimum atomic E-state index is -0.224. The Bertz CT molecular complexity index is 818. The van der Waals surface area contributed by atoms with Crippen LogP contribution in [-0.4, -0.2) is 44.2 Å². The summed E-state index contributed by atoms with van der Waals surface area (Å²) in [7, 11) is 0. The number of carbonyl (C=O) groups excluding carboxylic acids is 2. The molecule has 1 aliphatic rings. The third-order valence-electron chi connectivity index (χ3n) is 4.73. The summed E-state index contributed by atoms with van der Waals surface area (Å²) >= 11 is 0. The van der Waals surface area contributed by atoms with Crippen LogP contribution >= 0.6 is 0 Å². The van der Waals surface area contributed by atoms with Crippen molar-refractivity contribution in [1.29, 1.82) is 0 Å². The molecule has 2 amide bonds. The number of amides is 2. The van der Waals surface area contributed by atoms with Crippen molar-refractivity contribution < 1.29 is 19.1 Å². The second-order valence-corrected chi connectivity index (χ2v) is 7.35. The Hall–Kier alpha value is -2.86. The van der Waals surface area contributed by atoms with Gasteiger partial charge in [0.15, 0.2) is 0 Å². The van der Waals surface area contributed by atoms with Gasteiger partial charge in [0.2, 0.25) is 5.91 Å². The van der Waals surface area contributed by atoms with Gasteiger partial charge >= 0.3 is 0 Å². The van der Waals surface area contributed by atoms with Gasteiger partial charge in [-0.25, -0.2) is 0 Å². The van der Waals surface area contributed by atoms with Crippen molar-refractivity contribution in [2.45, 2.75) is 32.8 Å². The zero-order valence-corrected chi connectivity index (χ0v) is 17.0. The highest BCUT2D eigenvalue weighted by atomic mass is 16.5. The van der Waals surface area contributed by atoms with Gasteiger partial charge in [0.1, 0.15) is 12.4 Å². The molecule has 154 valence electrons. The molecular formula is C23H28N2O4. The molecule has 0 aliphatic carbocycles. The maximum atomic E-state index is 12.3. The van der Waals surface area contributed by atoms with Gasteiger partial charge in [-0.15, -0.1) is 0 Å². The van der Waals surface area contributed by atoms with Crippen LogP contribution in [0.25, 0.3) is 0 Å². The molecule has 1 atom stereocenters. The van der Waals surface area contributed by atoms with E-state index in [9.17, 15) is 9.59 Å². The lowest BCUT2D eigenvalue weighted by Crippen LogP contribution is -2.50. The Morgan fingerprint density at radius 3 is 2.62 bits per heavy atom. The highest BCUT2D eigenvalue weighted by molar-refractivity contribution is 5.95. The van der Waals surface area contributed by atoms with Gasteiger partial charge in [-0.05, 0) is 55.7 Å². The van der Waals surface area contributed by atoms with E-state index in [1.54, 1.807) is 4.90 Å². The van der Waals surface area contributed by atoms with E-state index in [4.69, 9.17) is 9.47 Å². The van der Waals surface area contributed by atoms with Crippen molar-refractivity contribution >= 4 is 17.5 Å². The quantitative estimate of drug-likeness (QED) is 0.697. The number of para-hydroxylation sites is 1. The molecule has 1 fully saturated rings. The topological polar surface area (TPSA) is 67.9 Å². The number of ether oxygens (including phenoxy) is 2. The van der Waals surface area contributed by atoms with Crippen LogP contribution in [-0.2, 0) is 14.3 Å². The summed E-state index contributed by atoms with van der Waals surface area (Å²) in [4.78, 5) is 26.1. The van der Waals surface area contributed by atoms with Crippen molar-refractivity contribution in [2.24, 2.45) is 0 Å². The van der Waals surface area contributed by atoms with Crippen molar-refractivity contribution in [3.63, 3.8) is 0 Å². The van der Waals surface area contributed by atoms with E-state index in [0.29, 0.717) is 32.5 Å². The molecule has 0 aromatic heterocycles. The second kappa shape index (κ2) is 10.1. The average molecular weight is 396 g/mol. The fourth-order valence-electron chi connectivity index (χ4n) is 3.36. The lowest BCUT2D eigenvalue weighted by atomic mass is 10.1. The minimum absolute atomic E-state index is 0.0262. The van der Waals surface area contributed by atoms with Crippen LogP contribution in [0.2, 0.25) is 0 Å². The number of aryl methyl sites for hydroxylation is 2. The Kier molecular flexibility index (Phi) is 7.25. The van der Waals surface area contributed by atoms with Crippen LogP contribution in [0.4, 0.5) is 5.69 Å². The summed E-state index contributed by atoms with van der Waals surface area (Å²) in [5.41, 5.74) is 3.11. The van der Waals surface area contributed by atoms with Gasteiger partial charge in [0, 0.05) is 18.7 Å². The predicted octanol–water partition coefficient (Wildman–Crippen LogP) is 3.01. The molecule has 6 nitrogen and oxygen atoms in total. The SMILES string of the molecule is Cc1cc(C)cc(N2CC(CNC(=O)CCCOc3ccccc3)OCC2=O)c1. The third kappa shape index (κ3) is 6.32. The van der Waals surface area contributed by atoms with Gasteiger partial charge in [0.25, 0.3) is 5.91 Å². The second-order valence-electron chi connectivity index (χ2n) is 7.35. The number of carbonyl (C=O) groups is 2. The fourth-order valence-corrected chi connectivity index (χ4v) is 3.36. The van der Waals surface area contributed by atoms with E-state index in [1.165, 1.54) is 0 Å². The molecule has 29 heavy (non-hydrogen) atoms. The Morgan fingerprint density at radius 1 is 1.17 bits per heavy atom. The van der Waals surface area contributed by atoms with Crippen LogP contribution in [0.3, 0.4) is 0 Å². The van der Waals surface area contributed by atoms with E-state index >= 15 is 0 Å². The van der Waals surface area contributed by atoms with Gasteiger partial charge in [-0.1, -0.05) is 24.3 Å². The summed E-state index contributed by atoms with van der Waals surface area (Å²) in [5, 5.41) is 2.90. The maximum absolute atomic E-state index is 12.3. The number of nitrogens with one attached hydrogen (secondary N) is 1. The van der Waals surface area contributed by atoms with Gasteiger partial charge in [0.05, 0.1) is 19.3 Å². The van der Waals surface area contributed by atoms with Gasteiger partial charge in [-0.2, -0.15) is 0 Å². The normalized spacial score (nSPS) is 16.6. The first-order chi connectivity index (χ1) is 14.0. The first-order valence-electron chi connectivity index (χ1n) is 9.96. The summed E-state index contributed by atoms with van der Waals surface area (Å²) in [5.74, 6) is 0.704. The van der Waals surface area contributed by atoms with Crippen LogP contribution < -0.4 is 15.0 Å². The van der Waals surface area contributed by atoms with E-state index < -0.39 is 0 Å². The molecule has 1 saturated heterocycles. The molecule has 1 heterocycles. The molecule has 2 aromatic carbocycles. The average Bonchev–Trinajstić information content (AvgIpc) is 2.70. The fraction of sp³-hybridized carbons (Fsp3) is 0.391. The number of morpholine rings is 1. The number of hydrogen-bond donors (Lipinski definition) is 1. The van der Waals surface area contributed by atoms with Crippen LogP contribution in [0, 0.1) is 13.8 Å². The molecule has 0 bridgehead atoms. The first kappa shape index (κ1) is 20.9. The van der Waals surface area contributed by atoms with Gasteiger partial charge in [-0.3, -0.25) is 9.59 Å². The van der Waals surface area contributed by atoms with Gasteiger partial charge < -0.3 is 19.7 Å². The van der Waals surface area contributed by atoms with Crippen molar-refractivity contribution in [2.75, 3.05) is 31.2 Å². The minimum Gasteiger partial charge on any atom is -0.494 e. The Morgan fingerprint density at radius 2 is 1.90 bits per heavy atom. The maximum Gasteiger partial charge on any atom is 0.253 e. The number of benzene rings is 2. The zero-order chi connectivity index (χ0) is 20.6. The molecule has 1 unspecified atom stereocenters. The van der Waals surface area contributed by atoms with Crippen LogP contribution in [0.1, 0.15) is 24.0 Å². The monoisotopic (exact) mass is 396 g/mol. The third-order valence-corrected chi connectivity index (χ3v) is 4.73. The Labute approximate surface area is 171 Å². The number of hydrogen-bond acceptors (Lipinski definition) is 4. The molecule has 6 heteroatoms. The lowest BCUT2D eigenvalue weighted by molar-refractivity contribution is -0.129. The first-order valence-corrected chi connectivity index (χ1v) is 9.96. The van der Waals surface area contributed by atoms with E-state index in [0.717, 1.165) is 22.6 Å². The summed E-state index contributed by atoms with van der Waals surface area (Å²) in [6.07, 6.45) is 0.802. The van der Waals surface area contributed by atoms with Crippen LogP contribution in [0.15, 0.2) is 48.5 Å². The number of rotatable bonds is 8. The summed E-state index contributed by atoms with van der Waals surface area (Å²) < 4.78 is 11.2. The number of anilines is 1. The highest BCUT2D eigenvalue weighted by Gasteiger charge is 2.27. The van der Waals surface area contributed by atoms with E-state index in [2.05, 4.69) is 11.4 Å². The van der Waals surface area contributed by atoms with Crippen molar-refractivity contribution in [1.82, 2.24) is 5.32 Å².